The summed E-state index contributed by atoms with van der Waals surface area (Å²) in [5.41, 5.74) is 4.04. The largest absolute Gasteiger partial charge is 0.356 e. The fourth-order valence-electron chi connectivity index (χ4n) is 4.25. The van der Waals surface area contributed by atoms with Gasteiger partial charge in [0.05, 0.1) is 5.52 Å². The number of pyridine rings is 1. The van der Waals surface area contributed by atoms with E-state index in [0.717, 1.165) is 55.8 Å². The Bertz CT molecular complexity index is 983. The number of aromatic amines is 1. The van der Waals surface area contributed by atoms with Crippen LogP contribution in [0.15, 0.2) is 29.5 Å². The quantitative estimate of drug-likeness (QED) is 0.772. The first kappa shape index (κ1) is 14.6. The van der Waals surface area contributed by atoms with Crippen molar-refractivity contribution in [3.8, 4) is 0 Å². The van der Waals surface area contributed by atoms with Crippen molar-refractivity contribution in [2.75, 3.05) is 18.0 Å². The van der Waals surface area contributed by atoms with Gasteiger partial charge in [-0.1, -0.05) is 0 Å². The van der Waals surface area contributed by atoms with E-state index in [9.17, 15) is 4.79 Å². The fraction of sp³-hybridized carbons (Fsp3) is 0.444. The number of aryl methyl sites for hydroxylation is 1. The van der Waals surface area contributed by atoms with Gasteiger partial charge in [0.15, 0.2) is 5.65 Å². The molecule has 1 fully saturated rings. The Balaban J connectivity index is 1.41. The molecule has 1 aliphatic heterocycles. The molecule has 0 spiro atoms. The number of H-pyrrole nitrogens is 1. The van der Waals surface area contributed by atoms with Gasteiger partial charge in [0, 0.05) is 36.6 Å². The summed E-state index contributed by atoms with van der Waals surface area (Å²) in [7, 11) is 0. The summed E-state index contributed by atoms with van der Waals surface area (Å²) in [6, 6.07) is 3.93. The van der Waals surface area contributed by atoms with Gasteiger partial charge in [-0.25, -0.2) is 19.7 Å². The second kappa shape index (κ2) is 5.68. The van der Waals surface area contributed by atoms with Gasteiger partial charge in [0.1, 0.15) is 12.1 Å². The van der Waals surface area contributed by atoms with Gasteiger partial charge in [-0.05, 0) is 44.2 Å². The van der Waals surface area contributed by atoms with Crippen molar-refractivity contribution in [3.05, 3.63) is 46.4 Å². The highest BCUT2D eigenvalue weighted by atomic mass is 16.1. The molecule has 7 nitrogen and oxygen atoms in total. The number of fused-ring (bicyclic) bond motifs is 2. The monoisotopic (exact) mass is 336 g/mol. The maximum absolute atomic E-state index is 12.4. The fourth-order valence-corrected chi connectivity index (χ4v) is 4.25. The maximum atomic E-state index is 12.4. The van der Waals surface area contributed by atoms with E-state index in [2.05, 4.69) is 24.8 Å². The van der Waals surface area contributed by atoms with Gasteiger partial charge in [0.25, 0.3) is 0 Å². The van der Waals surface area contributed by atoms with Crippen LogP contribution in [0.2, 0.25) is 0 Å². The van der Waals surface area contributed by atoms with Gasteiger partial charge in [-0.15, -0.1) is 0 Å². The molecule has 128 valence electrons. The van der Waals surface area contributed by atoms with Crippen molar-refractivity contribution < 1.29 is 0 Å². The molecule has 0 radical (unpaired) electrons. The third kappa shape index (κ3) is 2.33. The Labute approximate surface area is 144 Å². The van der Waals surface area contributed by atoms with Gasteiger partial charge >= 0.3 is 5.69 Å². The van der Waals surface area contributed by atoms with Crippen LogP contribution >= 0.6 is 0 Å². The van der Waals surface area contributed by atoms with Crippen molar-refractivity contribution in [1.29, 1.82) is 0 Å². The minimum Gasteiger partial charge on any atom is -0.356 e. The van der Waals surface area contributed by atoms with Crippen LogP contribution in [0.5, 0.6) is 0 Å². The van der Waals surface area contributed by atoms with Crippen LogP contribution in [0, 0.1) is 0 Å². The molecule has 1 aliphatic carbocycles. The maximum Gasteiger partial charge on any atom is 0.327 e. The summed E-state index contributed by atoms with van der Waals surface area (Å²) in [6.45, 7) is 1.81. The van der Waals surface area contributed by atoms with E-state index in [0.29, 0.717) is 0 Å². The normalized spacial score (nSPS) is 18.0. The van der Waals surface area contributed by atoms with Gasteiger partial charge in [0.2, 0.25) is 0 Å². The summed E-state index contributed by atoms with van der Waals surface area (Å²) in [4.78, 5) is 31.0. The highest BCUT2D eigenvalue weighted by Gasteiger charge is 2.27. The minimum atomic E-state index is -0.0601. The molecule has 0 bridgehead atoms. The number of nitrogens with zero attached hydrogens (tertiary/aromatic N) is 5. The van der Waals surface area contributed by atoms with Gasteiger partial charge in [-0.2, -0.15) is 0 Å². The predicted molar refractivity (Wildman–Crippen MR) is 94.9 cm³/mol. The van der Waals surface area contributed by atoms with E-state index in [1.807, 2.05) is 16.7 Å². The highest BCUT2D eigenvalue weighted by molar-refractivity contribution is 5.70. The molecule has 25 heavy (non-hydrogen) atoms. The molecule has 4 heterocycles. The summed E-state index contributed by atoms with van der Waals surface area (Å²) in [5.74, 6) is 1.10. The average molecular weight is 336 g/mol. The Morgan fingerprint density at radius 2 is 2.00 bits per heavy atom. The number of anilines is 1. The van der Waals surface area contributed by atoms with Crippen molar-refractivity contribution in [2.45, 2.75) is 38.1 Å². The zero-order chi connectivity index (χ0) is 16.8. The Hall–Kier alpha value is -2.70. The topological polar surface area (TPSA) is 79.7 Å². The van der Waals surface area contributed by atoms with Crippen LogP contribution in [0.4, 0.5) is 5.82 Å². The zero-order valence-corrected chi connectivity index (χ0v) is 14.0. The third-order valence-electron chi connectivity index (χ3n) is 5.46. The first-order valence-electron chi connectivity index (χ1n) is 8.94. The minimum absolute atomic E-state index is 0.0601. The Kier molecular flexibility index (Phi) is 3.33. The molecule has 3 aromatic rings. The Morgan fingerprint density at radius 1 is 1.12 bits per heavy atom. The molecule has 7 heteroatoms. The summed E-state index contributed by atoms with van der Waals surface area (Å²) < 4.78 is 1.83. The van der Waals surface area contributed by atoms with E-state index < -0.39 is 0 Å². The lowest BCUT2D eigenvalue weighted by molar-refractivity contribution is 0.393. The molecule has 0 amide bonds. The molecule has 3 aromatic heterocycles. The lowest BCUT2D eigenvalue weighted by atomic mass is 10.0. The van der Waals surface area contributed by atoms with Crippen LogP contribution in [0.3, 0.4) is 0 Å². The van der Waals surface area contributed by atoms with Crippen molar-refractivity contribution in [2.24, 2.45) is 0 Å². The van der Waals surface area contributed by atoms with E-state index in [-0.39, 0.29) is 11.7 Å². The number of hydrogen-bond acceptors (Lipinski definition) is 5. The van der Waals surface area contributed by atoms with Crippen LogP contribution in [0.1, 0.15) is 36.6 Å². The average Bonchev–Trinajstić information content (AvgIpc) is 3.25. The first-order chi connectivity index (χ1) is 12.3. The Morgan fingerprint density at radius 3 is 2.88 bits per heavy atom. The molecule has 2 aliphatic rings. The molecule has 0 saturated carbocycles. The lowest BCUT2D eigenvalue weighted by Crippen LogP contribution is -2.38. The zero-order valence-electron chi connectivity index (χ0n) is 14.0. The van der Waals surface area contributed by atoms with Crippen molar-refractivity contribution in [1.82, 2.24) is 24.5 Å². The summed E-state index contributed by atoms with van der Waals surface area (Å²) in [6.07, 6.45) is 8.60. The standard InChI is InChI=1S/C18H20N6O/c25-18-22-15-5-2-8-19-17(15)24(18)12-6-9-23(10-7-12)16-13-3-1-4-14(13)20-11-21-16/h2,5,8,11-12H,1,3-4,6-7,9-10H2,(H,22,25). The second-order valence-corrected chi connectivity index (χ2v) is 6.87. The number of nitrogens with one attached hydrogen (secondary N) is 1. The third-order valence-corrected chi connectivity index (χ3v) is 5.46. The predicted octanol–water partition coefficient (Wildman–Crippen LogP) is 1.84. The van der Waals surface area contributed by atoms with Crippen LogP contribution in [-0.2, 0) is 12.8 Å². The molecule has 1 N–H and O–H groups in total. The van der Waals surface area contributed by atoms with Gasteiger partial charge < -0.3 is 9.88 Å². The van der Waals surface area contributed by atoms with Crippen LogP contribution < -0.4 is 10.6 Å². The van der Waals surface area contributed by atoms with E-state index in [1.54, 1.807) is 12.5 Å². The number of hydrogen-bond donors (Lipinski definition) is 1. The number of piperidine rings is 1. The lowest BCUT2D eigenvalue weighted by Gasteiger charge is -2.34. The van der Waals surface area contributed by atoms with E-state index in [4.69, 9.17) is 0 Å². The molecule has 0 atom stereocenters. The number of aromatic nitrogens is 5. The first-order valence-corrected chi connectivity index (χ1v) is 8.94. The summed E-state index contributed by atoms with van der Waals surface area (Å²) in [5, 5.41) is 0. The van der Waals surface area contributed by atoms with Crippen molar-refractivity contribution in [3.63, 3.8) is 0 Å². The molecule has 5 rings (SSSR count). The van der Waals surface area contributed by atoms with E-state index in [1.165, 1.54) is 17.7 Å². The molecule has 0 unspecified atom stereocenters. The molecule has 0 aromatic carbocycles. The van der Waals surface area contributed by atoms with Gasteiger partial charge in [-0.3, -0.25) is 4.57 Å². The smallest absolute Gasteiger partial charge is 0.327 e. The van der Waals surface area contributed by atoms with E-state index >= 15 is 0 Å². The van der Waals surface area contributed by atoms with Crippen LogP contribution in [-0.4, -0.2) is 37.6 Å². The van der Waals surface area contributed by atoms with Crippen LogP contribution in [0.25, 0.3) is 11.2 Å². The molecule has 1 saturated heterocycles. The number of rotatable bonds is 2. The van der Waals surface area contributed by atoms with Crippen molar-refractivity contribution >= 4 is 17.0 Å². The number of imidazole rings is 1. The second-order valence-electron chi connectivity index (χ2n) is 6.87. The molecular weight excluding hydrogens is 316 g/mol. The SMILES string of the molecule is O=c1[nH]c2cccnc2n1C1CCN(c2ncnc3c2CCC3)CC1. The summed E-state index contributed by atoms with van der Waals surface area (Å²) >= 11 is 0. The molecular formula is C18H20N6O. The highest BCUT2D eigenvalue weighted by Crippen LogP contribution is 2.32.